The van der Waals surface area contributed by atoms with Crippen LogP contribution in [0.4, 0.5) is 0 Å². The van der Waals surface area contributed by atoms with Crippen LogP contribution in [0.3, 0.4) is 0 Å². The highest BCUT2D eigenvalue weighted by atomic mass is 16.5. The second-order valence-electron chi connectivity index (χ2n) is 7.45. The number of amides is 1. The molecule has 0 unspecified atom stereocenters. The van der Waals surface area contributed by atoms with Gasteiger partial charge in [0.2, 0.25) is 11.8 Å². The van der Waals surface area contributed by atoms with Crippen molar-refractivity contribution < 1.29 is 9.32 Å². The molecule has 2 N–H and O–H groups in total. The Bertz CT molecular complexity index is 736. The van der Waals surface area contributed by atoms with E-state index in [2.05, 4.69) is 25.7 Å². The van der Waals surface area contributed by atoms with E-state index in [4.69, 9.17) is 4.52 Å². The molecule has 7 nitrogen and oxygen atoms in total. The fourth-order valence-corrected chi connectivity index (χ4v) is 4.60. The normalized spacial score (nSPS) is 31.5. The number of nitrogens with one attached hydrogen (secondary N) is 2. The summed E-state index contributed by atoms with van der Waals surface area (Å²) in [6.45, 7) is 0.483. The molecule has 0 radical (unpaired) electrons. The molecule has 2 aromatic heterocycles. The molecule has 5 rings (SSSR count). The number of hydrogen-bond acceptors (Lipinski definition) is 5. The summed E-state index contributed by atoms with van der Waals surface area (Å²) in [6.07, 6.45) is 7.41. The molecule has 4 atom stereocenters. The van der Waals surface area contributed by atoms with Crippen molar-refractivity contribution in [2.75, 3.05) is 0 Å². The van der Waals surface area contributed by atoms with Gasteiger partial charge in [-0.15, -0.1) is 0 Å². The maximum Gasteiger partial charge on any atom is 0.230 e. The smallest absolute Gasteiger partial charge is 0.230 e. The maximum absolute atomic E-state index is 12.8. The van der Waals surface area contributed by atoms with Crippen molar-refractivity contribution in [3.8, 4) is 0 Å². The molecule has 0 aromatic carbocycles. The second-order valence-corrected chi connectivity index (χ2v) is 7.45. The van der Waals surface area contributed by atoms with Crippen molar-refractivity contribution in [1.82, 2.24) is 25.7 Å². The van der Waals surface area contributed by atoms with Gasteiger partial charge in [-0.25, -0.2) is 0 Å². The highest BCUT2D eigenvalue weighted by molar-refractivity contribution is 5.80. The molecule has 2 aromatic rings. The van der Waals surface area contributed by atoms with Crippen LogP contribution in [0, 0.1) is 17.8 Å². The second kappa shape index (κ2) is 5.43. The van der Waals surface area contributed by atoms with E-state index in [0.717, 1.165) is 37.2 Å². The largest absolute Gasteiger partial charge is 0.350 e. The number of aromatic nitrogens is 4. The van der Waals surface area contributed by atoms with Crippen molar-refractivity contribution in [2.45, 2.75) is 50.5 Å². The van der Waals surface area contributed by atoms with E-state index < -0.39 is 0 Å². The molecule has 1 amide bonds. The minimum atomic E-state index is -0.0424. The first-order valence-corrected chi connectivity index (χ1v) is 8.89. The molecule has 2 bridgehead atoms. The zero-order valence-electron chi connectivity index (χ0n) is 13.4. The van der Waals surface area contributed by atoms with Gasteiger partial charge in [0.1, 0.15) is 0 Å². The van der Waals surface area contributed by atoms with Crippen molar-refractivity contribution in [2.24, 2.45) is 17.8 Å². The quantitative estimate of drug-likeness (QED) is 0.877. The average molecular weight is 327 g/mol. The first kappa shape index (κ1) is 14.2. The van der Waals surface area contributed by atoms with Gasteiger partial charge in [-0.3, -0.25) is 9.89 Å². The Labute approximate surface area is 139 Å². The van der Waals surface area contributed by atoms with Gasteiger partial charge in [0, 0.05) is 12.1 Å². The summed E-state index contributed by atoms with van der Waals surface area (Å²) >= 11 is 0. The number of hydrogen-bond donors (Lipinski definition) is 2. The van der Waals surface area contributed by atoms with E-state index >= 15 is 0 Å². The van der Waals surface area contributed by atoms with Gasteiger partial charge in [0.25, 0.3) is 0 Å². The lowest BCUT2D eigenvalue weighted by atomic mass is 9.78. The van der Waals surface area contributed by atoms with E-state index in [1.165, 1.54) is 6.42 Å². The monoisotopic (exact) mass is 327 g/mol. The van der Waals surface area contributed by atoms with Crippen LogP contribution in [0.5, 0.6) is 0 Å². The Morgan fingerprint density at radius 3 is 2.96 bits per heavy atom. The van der Waals surface area contributed by atoms with Crippen LogP contribution in [-0.2, 0) is 11.3 Å². The van der Waals surface area contributed by atoms with Gasteiger partial charge >= 0.3 is 0 Å². The van der Waals surface area contributed by atoms with Crippen molar-refractivity contribution in [1.29, 1.82) is 0 Å². The number of aromatic amines is 1. The van der Waals surface area contributed by atoms with Crippen LogP contribution in [0.15, 0.2) is 16.8 Å². The number of nitrogens with zero attached hydrogens (tertiary/aromatic N) is 3. The molecule has 3 aliphatic carbocycles. The van der Waals surface area contributed by atoms with E-state index in [1.807, 2.05) is 6.07 Å². The molecule has 2 heterocycles. The first-order valence-electron chi connectivity index (χ1n) is 8.89. The zero-order valence-corrected chi connectivity index (χ0v) is 13.4. The van der Waals surface area contributed by atoms with Crippen LogP contribution in [0.2, 0.25) is 0 Å². The van der Waals surface area contributed by atoms with Gasteiger partial charge in [-0.2, -0.15) is 10.1 Å². The third-order valence-corrected chi connectivity index (χ3v) is 5.92. The molecular formula is C17H21N5O2. The summed E-state index contributed by atoms with van der Waals surface area (Å²) in [5, 5.41) is 14.0. The van der Waals surface area contributed by atoms with Crippen LogP contribution in [-0.4, -0.2) is 26.2 Å². The zero-order chi connectivity index (χ0) is 16.1. The minimum absolute atomic E-state index is 0.0424. The van der Waals surface area contributed by atoms with E-state index in [0.29, 0.717) is 30.2 Å². The van der Waals surface area contributed by atoms with Crippen LogP contribution >= 0.6 is 0 Å². The van der Waals surface area contributed by atoms with Crippen LogP contribution < -0.4 is 5.32 Å². The third kappa shape index (κ3) is 2.34. The predicted octanol–water partition coefficient (Wildman–Crippen LogP) is 2.12. The first-order chi connectivity index (χ1) is 11.8. The lowest BCUT2D eigenvalue weighted by Gasteiger charge is -2.27. The average Bonchev–Trinajstić information content (AvgIpc) is 3.08. The van der Waals surface area contributed by atoms with Crippen LogP contribution in [0.25, 0.3) is 0 Å². The van der Waals surface area contributed by atoms with Crippen molar-refractivity contribution in [3.63, 3.8) is 0 Å². The molecule has 0 saturated heterocycles. The molecular weight excluding hydrogens is 306 g/mol. The number of carbonyl (C=O) groups is 1. The maximum atomic E-state index is 12.8. The number of rotatable bonds is 5. The number of H-pyrrole nitrogens is 1. The van der Waals surface area contributed by atoms with Crippen molar-refractivity contribution >= 4 is 5.91 Å². The molecule has 0 aliphatic heterocycles. The topological polar surface area (TPSA) is 96.7 Å². The minimum Gasteiger partial charge on any atom is -0.350 e. The Balaban J connectivity index is 1.35. The fourth-order valence-electron chi connectivity index (χ4n) is 4.60. The molecule has 3 aliphatic rings. The molecule has 126 valence electrons. The summed E-state index contributed by atoms with van der Waals surface area (Å²) < 4.78 is 5.58. The summed E-state index contributed by atoms with van der Waals surface area (Å²) in [7, 11) is 0. The van der Waals surface area contributed by atoms with Gasteiger partial charge in [0.05, 0.1) is 24.1 Å². The predicted molar refractivity (Wildman–Crippen MR) is 83.8 cm³/mol. The lowest BCUT2D eigenvalue weighted by Crippen LogP contribution is -2.37. The van der Waals surface area contributed by atoms with Gasteiger partial charge in [-0.05, 0) is 50.0 Å². The summed E-state index contributed by atoms with van der Waals surface area (Å²) in [5.41, 5.74) is 0.914. The highest BCUT2D eigenvalue weighted by Crippen LogP contribution is 2.56. The molecule has 0 spiro atoms. The fraction of sp³-hybridized carbons (Fsp3) is 0.647. The Hall–Kier alpha value is -2.18. The molecule has 24 heavy (non-hydrogen) atoms. The Morgan fingerprint density at radius 1 is 1.29 bits per heavy atom. The lowest BCUT2D eigenvalue weighted by molar-refractivity contribution is -0.127. The standard InChI is InChI=1S/C17H21N5O2/c23-16(18-8-12-5-6-19-21-12)13-10-3-4-11(7-10)14(13)17-20-15(22-24-17)9-1-2-9/h5-6,9-11,13-14H,1-4,7-8H2,(H,18,23)(H,19,21)/t10-,11+,13-,14-/m0/s1. The number of fused-ring (bicyclic) bond motifs is 2. The van der Waals surface area contributed by atoms with E-state index in [1.54, 1.807) is 6.20 Å². The van der Waals surface area contributed by atoms with Gasteiger partial charge in [-0.1, -0.05) is 5.16 Å². The molecule has 7 heteroatoms. The van der Waals surface area contributed by atoms with Gasteiger partial charge in [0.15, 0.2) is 5.82 Å². The molecule has 3 saturated carbocycles. The summed E-state index contributed by atoms with van der Waals surface area (Å²) in [6, 6.07) is 1.87. The number of carbonyl (C=O) groups excluding carboxylic acids is 1. The summed E-state index contributed by atoms with van der Waals surface area (Å²) in [5.74, 6) is 3.10. The Kier molecular flexibility index (Phi) is 3.21. The SMILES string of the molecule is O=C(NCc1ccn[nH]1)[C@H]1[C@H]2CC[C@H](C2)[C@@H]1c1nc(C2CC2)no1. The van der Waals surface area contributed by atoms with Crippen LogP contribution in [0.1, 0.15) is 61.3 Å². The third-order valence-electron chi connectivity index (χ3n) is 5.92. The molecule has 3 fully saturated rings. The summed E-state index contributed by atoms with van der Waals surface area (Å²) in [4.78, 5) is 17.5. The highest BCUT2D eigenvalue weighted by Gasteiger charge is 2.53. The van der Waals surface area contributed by atoms with E-state index in [-0.39, 0.29) is 17.7 Å². The Morgan fingerprint density at radius 2 is 2.17 bits per heavy atom. The van der Waals surface area contributed by atoms with Crippen molar-refractivity contribution in [3.05, 3.63) is 29.7 Å². The van der Waals surface area contributed by atoms with E-state index in [9.17, 15) is 4.79 Å². The van der Waals surface area contributed by atoms with Gasteiger partial charge < -0.3 is 9.84 Å².